The average Bonchev–Trinajstić information content (AvgIpc) is 2.88. The number of likely N-dealkylation sites (N-methyl/N-ethyl adjacent to an activating group) is 1. The summed E-state index contributed by atoms with van der Waals surface area (Å²) >= 11 is 0. The van der Waals surface area contributed by atoms with E-state index in [1.54, 1.807) is 11.9 Å². The summed E-state index contributed by atoms with van der Waals surface area (Å²) in [5.74, 6) is 0.192. The molecule has 3 rings (SSSR count). The van der Waals surface area contributed by atoms with Gasteiger partial charge in [-0.05, 0) is 49.5 Å². The number of aliphatic imine (C=N–C) groups is 1. The van der Waals surface area contributed by atoms with Crippen molar-refractivity contribution in [1.82, 2.24) is 9.80 Å². The molecule has 0 aliphatic carbocycles. The molecule has 0 atom stereocenters. The van der Waals surface area contributed by atoms with Crippen LogP contribution < -0.4 is 5.73 Å². The number of piperidine rings is 1. The zero-order valence-electron chi connectivity index (χ0n) is 16.0. The summed E-state index contributed by atoms with van der Waals surface area (Å²) in [4.78, 5) is 18.3. The van der Waals surface area contributed by atoms with Crippen molar-refractivity contribution in [2.75, 3.05) is 20.1 Å². The number of carbonyl (C=O) groups excluding carboxylic acids is 1. The number of alkyl halides is 6. The summed E-state index contributed by atoms with van der Waals surface area (Å²) in [6.45, 7) is 0.821. The third-order valence-electron chi connectivity index (χ3n) is 5.29. The van der Waals surface area contributed by atoms with E-state index in [0.29, 0.717) is 37.7 Å². The largest absolute Gasteiger partial charge is 0.416 e. The first-order chi connectivity index (χ1) is 13.9. The minimum atomic E-state index is -4.88. The van der Waals surface area contributed by atoms with Crippen LogP contribution in [0, 0.1) is 5.92 Å². The molecular weight excluding hydrogens is 414 g/mol. The van der Waals surface area contributed by atoms with Gasteiger partial charge in [0.15, 0.2) is 5.84 Å². The maximum atomic E-state index is 13.3. The fourth-order valence-corrected chi connectivity index (χ4v) is 3.60. The Hall–Kier alpha value is -2.56. The van der Waals surface area contributed by atoms with Gasteiger partial charge in [-0.15, -0.1) is 0 Å². The van der Waals surface area contributed by atoms with Crippen molar-refractivity contribution in [3.8, 4) is 0 Å². The van der Waals surface area contributed by atoms with Gasteiger partial charge in [-0.25, -0.2) is 4.79 Å². The molecule has 0 radical (unpaired) electrons. The van der Waals surface area contributed by atoms with E-state index in [1.807, 2.05) is 6.08 Å². The van der Waals surface area contributed by atoms with Crippen LogP contribution in [0.4, 0.5) is 31.1 Å². The lowest BCUT2D eigenvalue weighted by molar-refractivity contribution is -0.143. The van der Waals surface area contributed by atoms with Crippen LogP contribution in [-0.2, 0) is 18.9 Å². The molecule has 164 valence electrons. The highest BCUT2D eigenvalue weighted by Gasteiger charge is 2.38. The lowest BCUT2D eigenvalue weighted by Crippen LogP contribution is -2.34. The smallest absolute Gasteiger partial charge is 0.382 e. The highest BCUT2D eigenvalue weighted by Crippen LogP contribution is 2.38. The number of amides is 2. The van der Waals surface area contributed by atoms with Crippen molar-refractivity contribution < 1.29 is 31.1 Å². The number of urea groups is 1. The summed E-state index contributed by atoms with van der Waals surface area (Å²) in [6, 6.07) is 1.28. The average molecular weight is 434 g/mol. The fourth-order valence-electron chi connectivity index (χ4n) is 3.60. The molecular formula is C19H20F6N4O. The molecule has 2 aliphatic rings. The Labute approximate surface area is 168 Å². The Morgan fingerprint density at radius 2 is 1.77 bits per heavy atom. The number of carbonyl (C=O) groups is 1. The lowest BCUT2D eigenvalue weighted by Gasteiger charge is -2.32. The Balaban J connectivity index is 1.69. The molecule has 2 amide bonds. The van der Waals surface area contributed by atoms with Gasteiger partial charge in [0.1, 0.15) is 0 Å². The summed E-state index contributed by atoms with van der Waals surface area (Å²) < 4.78 is 78.4. The van der Waals surface area contributed by atoms with Crippen molar-refractivity contribution in [3.63, 3.8) is 0 Å². The van der Waals surface area contributed by atoms with Crippen molar-refractivity contribution >= 4 is 11.9 Å². The molecule has 2 N–H and O–H groups in total. The van der Waals surface area contributed by atoms with E-state index in [9.17, 15) is 31.1 Å². The van der Waals surface area contributed by atoms with Gasteiger partial charge < -0.3 is 5.73 Å². The van der Waals surface area contributed by atoms with E-state index >= 15 is 0 Å². The van der Waals surface area contributed by atoms with E-state index in [4.69, 9.17) is 5.73 Å². The molecule has 1 aromatic carbocycles. The second kappa shape index (κ2) is 7.93. The van der Waals surface area contributed by atoms with Gasteiger partial charge in [-0.2, -0.15) is 31.3 Å². The predicted octanol–water partition coefficient (Wildman–Crippen LogP) is 4.24. The Morgan fingerprint density at radius 1 is 1.13 bits per heavy atom. The second-order valence-corrected chi connectivity index (χ2v) is 7.37. The number of benzene rings is 1. The van der Waals surface area contributed by atoms with Gasteiger partial charge in [0, 0.05) is 13.6 Å². The molecule has 0 unspecified atom stereocenters. The van der Waals surface area contributed by atoms with E-state index in [1.165, 1.54) is 4.90 Å². The molecule has 0 saturated carbocycles. The van der Waals surface area contributed by atoms with Crippen molar-refractivity contribution in [2.24, 2.45) is 16.6 Å². The number of allylic oxidation sites excluding steroid dienone is 1. The molecule has 2 aliphatic heterocycles. The molecule has 0 spiro atoms. The molecule has 5 nitrogen and oxygen atoms in total. The summed E-state index contributed by atoms with van der Waals surface area (Å²) in [7, 11) is 1.55. The highest BCUT2D eigenvalue weighted by molar-refractivity contribution is 6.10. The standard InChI is InChI=1S/C19H20F6N4O/c1-28-15(16(26)27-17(28)30)8-11-4-6-29(7-5-11)10-12-2-3-13(18(20,21)22)9-14(12)19(23,24)25/h2-3,8-9,11H,4-7,10H2,1H3,(H2,26,27,30)/b15-8-. The summed E-state index contributed by atoms with van der Waals surface area (Å²) in [5.41, 5.74) is 3.47. The normalized spacial score (nSPS) is 20.9. The minimum absolute atomic E-state index is 0.0630. The monoisotopic (exact) mass is 434 g/mol. The molecule has 11 heteroatoms. The van der Waals surface area contributed by atoms with Crippen LogP contribution in [0.2, 0.25) is 0 Å². The van der Waals surface area contributed by atoms with E-state index in [2.05, 4.69) is 4.99 Å². The number of amidine groups is 1. The van der Waals surface area contributed by atoms with Gasteiger partial charge in [0.05, 0.1) is 16.8 Å². The molecule has 2 heterocycles. The maximum absolute atomic E-state index is 13.3. The third-order valence-corrected chi connectivity index (χ3v) is 5.29. The third kappa shape index (κ3) is 4.77. The van der Waals surface area contributed by atoms with Crippen molar-refractivity contribution in [3.05, 3.63) is 46.7 Å². The summed E-state index contributed by atoms with van der Waals surface area (Å²) in [5, 5.41) is 0. The van der Waals surface area contributed by atoms with Crippen LogP contribution in [0.25, 0.3) is 0 Å². The van der Waals surface area contributed by atoms with Crippen LogP contribution in [0.5, 0.6) is 0 Å². The lowest BCUT2D eigenvalue weighted by atomic mass is 9.94. The molecule has 1 fully saturated rings. The Morgan fingerprint density at radius 3 is 2.27 bits per heavy atom. The van der Waals surface area contributed by atoms with Crippen LogP contribution in [0.3, 0.4) is 0 Å². The molecule has 0 bridgehead atoms. The zero-order chi connectivity index (χ0) is 22.3. The highest BCUT2D eigenvalue weighted by atomic mass is 19.4. The number of rotatable bonds is 3. The number of hydrogen-bond donors (Lipinski definition) is 1. The second-order valence-electron chi connectivity index (χ2n) is 7.37. The predicted molar refractivity (Wildman–Crippen MR) is 97.3 cm³/mol. The van der Waals surface area contributed by atoms with Crippen LogP contribution in [0.1, 0.15) is 29.5 Å². The van der Waals surface area contributed by atoms with Gasteiger partial charge >= 0.3 is 18.4 Å². The minimum Gasteiger partial charge on any atom is -0.382 e. The van der Waals surface area contributed by atoms with Crippen LogP contribution in [-0.4, -0.2) is 41.8 Å². The molecule has 1 aromatic rings. The van der Waals surface area contributed by atoms with Crippen LogP contribution in [0.15, 0.2) is 35.0 Å². The van der Waals surface area contributed by atoms with Gasteiger partial charge in [0.2, 0.25) is 0 Å². The Bertz CT molecular complexity index is 882. The first-order valence-corrected chi connectivity index (χ1v) is 9.20. The first-order valence-electron chi connectivity index (χ1n) is 9.20. The fraction of sp³-hybridized carbons (Fsp3) is 0.474. The van der Waals surface area contributed by atoms with Crippen molar-refractivity contribution in [1.29, 1.82) is 0 Å². The quantitative estimate of drug-likeness (QED) is 0.724. The maximum Gasteiger partial charge on any atom is 0.416 e. The van der Waals surface area contributed by atoms with E-state index in [-0.39, 0.29) is 29.9 Å². The summed E-state index contributed by atoms with van der Waals surface area (Å²) in [6.07, 6.45) is -6.66. The molecule has 0 aromatic heterocycles. The SMILES string of the molecule is CN1C(=O)N=C(N)/C1=C/C1CCN(Cc2ccc(C(F)(F)F)cc2C(F)(F)F)CC1. The number of nitrogens with two attached hydrogens (primary N) is 1. The van der Waals surface area contributed by atoms with E-state index < -0.39 is 29.5 Å². The first kappa shape index (κ1) is 22.1. The topological polar surface area (TPSA) is 61.9 Å². The van der Waals surface area contributed by atoms with E-state index in [0.717, 1.165) is 6.07 Å². The zero-order valence-corrected chi connectivity index (χ0v) is 16.0. The number of halogens is 6. The molecule has 30 heavy (non-hydrogen) atoms. The van der Waals surface area contributed by atoms with Crippen LogP contribution >= 0.6 is 0 Å². The number of likely N-dealkylation sites (tertiary alicyclic amines) is 1. The van der Waals surface area contributed by atoms with Crippen molar-refractivity contribution in [2.45, 2.75) is 31.7 Å². The van der Waals surface area contributed by atoms with Gasteiger partial charge in [-0.1, -0.05) is 12.1 Å². The Kier molecular flexibility index (Phi) is 5.85. The number of nitrogens with zero attached hydrogens (tertiary/aromatic N) is 3. The van der Waals surface area contributed by atoms with Gasteiger partial charge in [-0.3, -0.25) is 9.80 Å². The van der Waals surface area contributed by atoms with Gasteiger partial charge in [0.25, 0.3) is 0 Å². The molecule has 1 saturated heterocycles. The number of hydrogen-bond acceptors (Lipinski definition) is 3.